The summed E-state index contributed by atoms with van der Waals surface area (Å²) in [5.41, 5.74) is 0. The van der Waals surface area contributed by atoms with Crippen LogP contribution in [0.5, 0.6) is 0 Å². The lowest BCUT2D eigenvalue weighted by molar-refractivity contribution is 0.543. The van der Waals surface area contributed by atoms with Crippen molar-refractivity contribution in [1.82, 2.24) is 0 Å². The monoisotopic (exact) mass is 158 g/mol. The highest BCUT2D eigenvalue weighted by molar-refractivity contribution is 8.07. The van der Waals surface area contributed by atoms with Crippen molar-refractivity contribution >= 4 is 11.8 Å². The topological polar surface area (TPSA) is 0 Å². The average molecular weight is 158 g/mol. The third-order valence-electron chi connectivity index (χ3n) is 1.98. The molecular weight excluding hydrogens is 140 g/mol. The molecular formula is C9H18S. The molecule has 0 unspecified atom stereocenters. The van der Waals surface area contributed by atoms with E-state index in [1.54, 1.807) is 0 Å². The molecule has 0 aromatic heterocycles. The third-order valence-corrected chi connectivity index (χ3v) is 3.69. The lowest BCUT2D eigenvalue weighted by atomic mass is 10.0. The molecule has 0 saturated carbocycles. The zero-order chi connectivity index (χ0) is 7.72. The summed E-state index contributed by atoms with van der Waals surface area (Å²) in [4.78, 5) is 0. The summed E-state index contributed by atoms with van der Waals surface area (Å²) in [5.74, 6) is 1.79. The molecule has 0 amide bonds. The molecule has 0 nitrogen and oxygen atoms in total. The first kappa shape index (κ1) is 8.45. The van der Waals surface area contributed by atoms with E-state index in [-0.39, 0.29) is 0 Å². The lowest BCUT2D eigenvalue weighted by Gasteiger charge is -2.02. The highest BCUT2D eigenvalue weighted by Gasteiger charge is 2.40. The van der Waals surface area contributed by atoms with Crippen molar-refractivity contribution < 1.29 is 0 Å². The van der Waals surface area contributed by atoms with Crippen molar-refractivity contribution in [1.29, 1.82) is 0 Å². The molecule has 0 spiro atoms. The fourth-order valence-electron chi connectivity index (χ4n) is 1.40. The van der Waals surface area contributed by atoms with Crippen LogP contribution in [0.15, 0.2) is 0 Å². The number of hydrogen-bond acceptors (Lipinski definition) is 1. The van der Waals surface area contributed by atoms with Crippen molar-refractivity contribution in [2.45, 2.75) is 44.6 Å². The van der Waals surface area contributed by atoms with Gasteiger partial charge in [0.15, 0.2) is 0 Å². The summed E-state index contributed by atoms with van der Waals surface area (Å²) in [6.45, 7) is 9.29. The maximum Gasteiger partial charge on any atom is 0.0192 e. The van der Waals surface area contributed by atoms with Gasteiger partial charge in [0.25, 0.3) is 0 Å². The molecule has 0 N–H and O–H groups in total. The number of hydrogen-bond donors (Lipinski definition) is 0. The predicted octanol–water partition coefficient (Wildman–Crippen LogP) is 3.17. The Morgan fingerprint density at radius 1 is 1.20 bits per heavy atom. The minimum Gasteiger partial charge on any atom is -0.153 e. The summed E-state index contributed by atoms with van der Waals surface area (Å²) < 4.78 is 0. The molecule has 60 valence electrons. The van der Waals surface area contributed by atoms with E-state index >= 15 is 0 Å². The largest absolute Gasteiger partial charge is 0.153 e. The van der Waals surface area contributed by atoms with Gasteiger partial charge in [-0.3, -0.25) is 0 Å². The van der Waals surface area contributed by atoms with Gasteiger partial charge in [0, 0.05) is 10.5 Å². The first-order chi connectivity index (χ1) is 4.61. The van der Waals surface area contributed by atoms with E-state index in [1.807, 2.05) is 0 Å². The Hall–Kier alpha value is 0.350. The Morgan fingerprint density at radius 3 is 2.10 bits per heavy atom. The molecule has 1 heteroatoms. The molecule has 0 aromatic rings. The summed E-state index contributed by atoms with van der Waals surface area (Å²) >= 11 is 2.17. The third kappa shape index (κ3) is 2.19. The van der Waals surface area contributed by atoms with E-state index in [0.717, 1.165) is 22.3 Å². The molecule has 0 bridgehead atoms. The average Bonchev–Trinajstić information content (AvgIpc) is 2.43. The van der Waals surface area contributed by atoms with Crippen molar-refractivity contribution in [3.8, 4) is 0 Å². The fourth-order valence-corrected chi connectivity index (χ4v) is 2.95. The van der Waals surface area contributed by atoms with Gasteiger partial charge >= 0.3 is 0 Å². The first-order valence-electron chi connectivity index (χ1n) is 4.26. The maximum absolute atomic E-state index is 2.33. The van der Waals surface area contributed by atoms with Crippen LogP contribution < -0.4 is 0 Å². The summed E-state index contributed by atoms with van der Waals surface area (Å²) in [6, 6.07) is 0. The standard InChI is InChI=1S/C9H18S/c1-6(2)5-8-9(10-8)7(3)4/h6-9H,5H2,1-4H3/t8-,9+/m1/s1. The highest BCUT2D eigenvalue weighted by Crippen LogP contribution is 2.49. The first-order valence-corrected chi connectivity index (χ1v) is 5.21. The number of rotatable bonds is 3. The Balaban J connectivity index is 2.13. The fraction of sp³-hybridized carbons (Fsp3) is 1.00. The van der Waals surface area contributed by atoms with E-state index in [2.05, 4.69) is 39.5 Å². The second kappa shape index (κ2) is 3.17. The smallest absolute Gasteiger partial charge is 0.0192 e. The molecule has 0 aromatic carbocycles. The van der Waals surface area contributed by atoms with Crippen LogP contribution in [-0.2, 0) is 0 Å². The molecule has 1 aliphatic rings. The van der Waals surface area contributed by atoms with Crippen LogP contribution in [0.1, 0.15) is 34.1 Å². The normalized spacial score (nSPS) is 31.8. The lowest BCUT2D eigenvalue weighted by Crippen LogP contribution is -2.04. The molecule has 1 aliphatic heterocycles. The van der Waals surface area contributed by atoms with Crippen LogP contribution >= 0.6 is 11.8 Å². The van der Waals surface area contributed by atoms with Crippen LogP contribution in [-0.4, -0.2) is 10.5 Å². The Labute approximate surface area is 68.8 Å². The van der Waals surface area contributed by atoms with Crippen molar-refractivity contribution in [3.05, 3.63) is 0 Å². The van der Waals surface area contributed by atoms with Crippen molar-refractivity contribution in [2.24, 2.45) is 11.8 Å². The van der Waals surface area contributed by atoms with Crippen LogP contribution in [0.4, 0.5) is 0 Å². The van der Waals surface area contributed by atoms with Crippen LogP contribution in [0.3, 0.4) is 0 Å². The van der Waals surface area contributed by atoms with Gasteiger partial charge < -0.3 is 0 Å². The summed E-state index contributed by atoms with van der Waals surface area (Å²) in [5, 5.41) is 1.99. The summed E-state index contributed by atoms with van der Waals surface area (Å²) in [7, 11) is 0. The van der Waals surface area contributed by atoms with E-state index < -0.39 is 0 Å². The van der Waals surface area contributed by atoms with Crippen LogP contribution in [0, 0.1) is 11.8 Å². The SMILES string of the molecule is CC(C)C[C@H]1S[C@H]1C(C)C. The molecule has 2 atom stereocenters. The van der Waals surface area contributed by atoms with Crippen molar-refractivity contribution in [3.63, 3.8) is 0 Å². The van der Waals surface area contributed by atoms with Gasteiger partial charge in [-0.2, -0.15) is 11.8 Å². The van der Waals surface area contributed by atoms with Gasteiger partial charge in [-0.15, -0.1) is 0 Å². The van der Waals surface area contributed by atoms with E-state index in [4.69, 9.17) is 0 Å². The minimum absolute atomic E-state index is 0.890. The van der Waals surface area contributed by atoms with Gasteiger partial charge in [-0.1, -0.05) is 27.7 Å². The second-order valence-electron chi connectivity index (χ2n) is 4.01. The second-order valence-corrected chi connectivity index (χ2v) is 5.43. The maximum atomic E-state index is 2.33. The van der Waals surface area contributed by atoms with E-state index in [1.165, 1.54) is 6.42 Å². The Morgan fingerprint density at radius 2 is 1.80 bits per heavy atom. The Kier molecular flexibility index (Phi) is 2.67. The van der Waals surface area contributed by atoms with Gasteiger partial charge in [0.1, 0.15) is 0 Å². The molecule has 1 heterocycles. The van der Waals surface area contributed by atoms with Crippen LogP contribution in [0.25, 0.3) is 0 Å². The van der Waals surface area contributed by atoms with E-state index in [0.29, 0.717) is 0 Å². The van der Waals surface area contributed by atoms with Gasteiger partial charge in [0.05, 0.1) is 0 Å². The Bertz CT molecular complexity index is 107. The molecule has 1 saturated heterocycles. The predicted molar refractivity (Wildman–Crippen MR) is 49.5 cm³/mol. The number of thioether (sulfide) groups is 1. The van der Waals surface area contributed by atoms with Crippen molar-refractivity contribution in [2.75, 3.05) is 0 Å². The highest BCUT2D eigenvalue weighted by atomic mass is 32.2. The van der Waals surface area contributed by atoms with Crippen LogP contribution in [0.2, 0.25) is 0 Å². The zero-order valence-corrected chi connectivity index (χ0v) is 8.24. The molecule has 10 heavy (non-hydrogen) atoms. The van der Waals surface area contributed by atoms with Gasteiger partial charge in [-0.05, 0) is 18.3 Å². The molecule has 0 radical (unpaired) electrons. The van der Waals surface area contributed by atoms with Gasteiger partial charge in [-0.25, -0.2) is 0 Å². The van der Waals surface area contributed by atoms with E-state index in [9.17, 15) is 0 Å². The molecule has 1 rings (SSSR count). The molecule has 1 fully saturated rings. The summed E-state index contributed by atoms with van der Waals surface area (Å²) in [6.07, 6.45) is 1.42. The molecule has 0 aliphatic carbocycles. The quantitative estimate of drug-likeness (QED) is 0.568. The zero-order valence-electron chi connectivity index (χ0n) is 7.42. The van der Waals surface area contributed by atoms with Gasteiger partial charge in [0.2, 0.25) is 0 Å². The minimum atomic E-state index is 0.890.